The lowest BCUT2D eigenvalue weighted by molar-refractivity contribution is 0.620. The van der Waals surface area contributed by atoms with Crippen LogP contribution in [0.1, 0.15) is 0 Å². The number of rotatable bonds is 5. The van der Waals surface area contributed by atoms with Crippen LogP contribution in [0.5, 0.6) is 0 Å². The fourth-order valence-corrected chi connectivity index (χ4v) is 8.93. The van der Waals surface area contributed by atoms with Crippen molar-refractivity contribution in [2.24, 2.45) is 0 Å². The Kier molecular flexibility index (Phi) is 6.39. The van der Waals surface area contributed by atoms with E-state index in [9.17, 15) is 0 Å². The molecular weight excluding hydrogens is 655 g/mol. The second kappa shape index (κ2) is 11.4. The van der Waals surface area contributed by atoms with Gasteiger partial charge in [-0.2, -0.15) is 0 Å². The Morgan fingerprint density at radius 1 is 0.481 bits per heavy atom. The van der Waals surface area contributed by atoms with E-state index in [0.717, 1.165) is 55.7 Å². The lowest BCUT2D eigenvalue weighted by atomic mass is 10.1. The molecule has 0 radical (unpaired) electrons. The van der Waals surface area contributed by atoms with Crippen LogP contribution >= 0.6 is 11.3 Å². The summed E-state index contributed by atoms with van der Waals surface area (Å²) < 4.78 is 11.3. The highest BCUT2D eigenvalue weighted by atomic mass is 32.1. The lowest BCUT2D eigenvalue weighted by Gasteiger charge is -2.26. The van der Waals surface area contributed by atoms with E-state index in [1.807, 2.05) is 47.7 Å². The summed E-state index contributed by atoms with van der Waals surface area (Å²) in [5.41, 5.74) is 9.29. The molecule has 0 saturated carbocycles. The van der Waals surface area contributed by atoms with Crippen LogP contribution in [0.3, 0.4) is 0 Å². The summed E-state index contributed by atoms with van der Waals surface area (Å²) in [4.78, 5) is 7.43. The number of aromatic nitrogens is 2. The van der Waals surface area contributed by atoms with Crippen LogP contribution in [0.25, 0.3) is 81.0 Å². The molecule has 0 aliphatic heterocycles. The normalized spacial score (nSPS) is 11.8. The maximum Gasteiger partial charge on any atom is 0.227 e. The van der Waals surface area contributed by atoms with Gasteiger partial charge >= 0.3 is 0 Å². The maximum absolute atomic E-state index is 6.31. The fraction of sp³-hybridized carbons (Fsp3) is 0. The van der Waals surface area contributed by atoms with E-state index in [1.54, 1.807) is 0 Å². The fourth-order valence-electron chi connectivity index (χ4n) is 7.80. The van der Waals surface area contributed by atoms with Crippen molar-refractivity contribution in [2.75, 3.05) is 4.90 Å². The van der Waals surface area contributed by atoms with Crippen LogP contribution in [0.15, 0.2) is 180 Å². The van der Waals surface area contributed by atoms with Gasteiger partial charge in [-0.25, -0.2) is 4.98 Å². The van der Waals surface area contributed by atoms with Gasteiger partial charge in [0.05, 0.1) is 11.0 Å². The Morgan fingerprint density at radius 3 is 1.98 bits per heavy atom. The number of benzene rings is 8. The molecule has 0 bridgehead atoms. The zero-order chi connectivity index (χ0) is 34.2. The third kappa shape index (κ3) is 4.50. The Labute approximate surface area is 303 Å². The molecule has 5 heteroatoms. The number of hydrogen-bond donors (Lipinski definition) is 0. The first-order chi connectivity index (χ1) is 25.8. The minimum atomic E-state index is 0.625. The molecule has 0 aliphatic carbocycles. The van der Waals surface area contributed by atoms with E-state index in [-0.39, 0.29) is 0 Å². The molecule has 52 heavy (non-hydrogen) atoms. The number of hydrogen-bond acceptors (Lipinski definition) is 4. The van der Waals surface area contributed by atoms with Crippen molar-refractivity contribution in [3.05, 3.63) is 176 Å². The highest BCUT2D eigenvalue weighted by Gasteiger charge is 2.20. The van der Waals surface area contributed by atoms with Gasteiger partial charge < -0.3 is 13.9 Å². The van der Waals surface area contributed by atoms with E-state index in [4.69, 9.17) is 9.40 Å². The number of fused-ring (bicyclic) bond motifs is 9. The van der Waals surface area contributed by atoms with Gasteiger partial charge in [-0.05, 0) is 84.2 Å². The Hall–Kier alpha value is -6.69. The van der Waals surface area contributed by atoms with E-state index >= 15 is 0 Å². The Bertz CT molecular complexity index is 3140. The molecule has 0 atom stereocenters. The highest BCUT2D eigenvalue weighted by molar-refractivity contribution is 7.25. The first kappa shape index (κ1) is 29.1. The van der Waals surface area contributed by atoms with Crippen LogP contribution in [-0.4, -0.2) is 9.55 Å². The number of thiophene rings is 1. The number of para-hydroxylation sites is 2. The lowest BCUT2D eigenvalue weighted by Crippen LogP contribution is -2.10. The molecule has 0 fully saturated rings. The SMILES string of the molecule is c1ccc(-c2nc3c(ccc4ccc(N(c5ccc6c(c5)sc5ccccc56)c5ccc6c7ccccc7n(-c7ccccc7)c6c5)cc43)o2)cc1. The second-order valence-corrected chi connectivity index (χ2v) is 14.3. The summed E-state index contributed by atoms with van der Waals surface area (Å²) in [5, 5.41) is 7.19. The summed E-state index contributed by atoms with van der Waals surface area (Å²) in [6.45, 7) is 0. The van der Waals surface area contributed by atoms with Crippen molar-refractivity contribution in [1.29, 1.82) is 0 Å². The van der Waals surface area contributed by atoms with Crippen molar-refractivity contribution in [3.8, 4) is 17.1 Å². The van der Waals surface area contributed by atoms with Gasteiger partial charge in [-0.3, -0.25) is 0 Å². The van der Waals surface area contributed by atoms with Crippen molar-refractivity contribution in [1.82, 2.24) is 9.55 Å². The minimum absolute atomic E-state index is 0.625. The van der Waals surface area contributed by atoms with Crippen molar-refractivity contribution < 1.29 is 4.42 Å². The van der Waals surface area contributed by atoms with Crippen LogP contribution in [0.2, 0.25) is 0 Å². The predicted molar refractivity (Wildman–Crippen MR) is 219 cm³/mol. The van der Waals surface area contributed by atoms with Gasteiger partial charge in [-0.15, -0.1) is 11.3 Å². The van der Waals surface area contributed by atoms with Crippen LogP contribution < -0.4 is 4.90 Å². The van der Waals surface area contributed by atoms with E-state index in [1.165, 1.54) is 36.5 Å². The molecule has 0 amide bonds. The van der Waals surface area contributed by atoms with Gasteiger partial charge in [0.1, 0.15) is 5.52 Å². The average molecular weight is 684 g/mol. The molecule has 8 aromatic carbocycles. The third-order valence-corrected chi connectivity index (χ3v) is 11.3. The number of oxazole rings is 1. The zero-order valence-electron chi connectivity index (χ0n) is 27.9. The minimum Gasteiger partial charge on any atom is -0.436 e. The van der Waals surface area contributed by atoms with Crippen LogP contribution in [-0.2, 0) is 0 Å². The molecule has 0 unspecified atom stereocenters. The molecule has 11 rings (SSSR count). The van der Waals surface area contributed by atoms with Gasteiger partial charge in [-0.1, -0.05) is 97.1 Å². The smallest absolute Gasteiger partial charge is 0.227 e. The molecule has 3 aromatic heterocycles. The summed E-state index contributed by atoms with van der Waals surface area (Å²) in [6, 6.07) is 62.7. The Balaban J connectivity index is 1.17. The second-order valence-electron chi connectivity index (χ2n) is 13.2. The number of anilines is 3. The highest BCUT2D eigenvalue weighted by Crippen LogP contribution is 2.44. The molecule has 11 aromatic rings. The van der Waals surface area contributed by atoms with Crippen molar-refractivity contribution >= 4 is 92.2 Å². The van der Waals surface area contributed by atoms with Gasteiger partial charge in [0.2, 0.25) is 5.89 Å². The third-order valence-electron chi connectivity index (χ3n) is 10.2. The zero-order valence-corrected chi connectivity index (χ0v) is 28.7. The molecule has 0 spiro atoms. The van der Waals surface area contributed by atoms with Crippen molar-refractivity contribution in [2.45, 2.75) is 0 Å². The van der Waals surface area contributed by atoms with E-state index in [0.29, 0.717) is 5.89 Å². The van der Waals surface area contributed by atoms with Crippen LogP contribution in [0.4, 0.5) is 17.1 Å². The average Bonchev–Trinajstić information content (AvgIpc) is 3.90. The van der Waals surface area contributed by atoms with Crippen molar-refractivity contribution in [3.63, 3.8) is 0 Å². The van der Waals surface area contributed by atoms with Gasteiger partial charge in [0.25, 0.3) is 0 Å². The van der Waals surface area contributed by atoms with Gasteiger partial charge in [0, 0.05) is 64.6 Å². The molecule has 4 nitrogen and oxygen atoms in total. The summed E-state index contributed by atoms with van der Waals surface area (Å²) in [6.07, 6.45) is 0. The maximum atomic E-state index is 6.31. The monoisotopic (exact) mass is 683 g/mol. The topological polar surface area (TPSA) is 34.2 Å². The first-order valence-corrected chi connectivity index (χ1v) is 18.3. The van der Waals surface area contributed by atoms with E-state index in [2.05, 4.69) is 149 Å². The largest absolute Gasteiger partial charge is 0.436 e. The predicted octanol–water partition coefficient (Wildman–Crippen LogP) is 13.6. The molecular formula is C47H29N3OS. The summed E-state index contributed by atoms with van der Waals surface area (Å²) >= 11 is 1.84. The molecule has 0 N–H and O–H groups in total. The molecule has 244 valence electrons. The standard InChI is InChI=1S/C47H29N3OS/c1-3-11-31(12-4-1)47-48-46-40-27-33(21-19-30(40)20-26-43(46)51-47)49(35-23-25-39-38-16-8-10-18-44(38)52-45(39)29-35)34-22-24-37-36-15-7-9-17-41(36)50(42(37)28-34)32-13-5-2-6-14-32/h1-29H. The molecule has 0 aliphatic rings. The summed E-state index contributed by atoms with van der Waals surface area (Å²) in [5.74, 6) is 0.625. The summed E-state index contributed by atoms with van der Waals surface area (Å²) in [7, 11) is 0. The Morgan fingerprint density at radius 2 is 1.12 bits per heavy atom. The molecule has 0 saturated heterocycles. The van der Waals surface area contributed by atoms with Crippen LogP contribution in [0, 0.1) is 0 Å². The first-order valence-electron chi connectivity index (χ1n) is 17.5. The molecule has 3 heterocycles. The number of nitrogens with zero attached hydrogens (tertiary/aromatic N) is 3. The quantitative estimate of drug-likeness (QED) is 0.181. The van der Waals surface area contributed by atoms with Gasteiger partial charge in [0.15, 0.2) is 5.58 Å². The van der Waals surface area contributed by atoms with E-state index < -0.39 is 0 Å².